The second-order valence-corrected chi connectivity index (χ2v) is 5.43. The molecule has 0 aliphatic carbocycles. The summed E-state index contributed by atoms with van der Waals surface area (Å²) in [6.45, 7) is 1.82. The third-order valence-electron chi connectivity index (χ3n) is 2.38. The van der Waals surface area contributed by atoms with Gasteiger partial charge in [0.2, 0.25) is 5.91 Å². The molecule has 1 fully saturated rings. The van der Waals surface area contributed by atoms with Gasteiger partial charge in [-0.15, -0.1) is 0 Å². The Labute approximate surface area is 114 Å². The van der Waals surface area contributed by atoms with E-state index in [0.717, 1.165) is 5.56 Å². The monoisotopic (exact) mass is 281 g/mol. The van der Waals surface area contributed by atoms with Crippen molar-refractivity contribution in [1.29, 1.82) is 0 Å². The topological polar surface area (TPSA) is 46.6 Å². The van der Waals surface area contributed by atoms with Gasteiger partial charge in [-0.1, -0.05) is 41.7 Å². The van der Waals surface area contributed by atoms with Crippen LogP contribution in [-0.2, 0) is 9.59 Å². The summed E-state index contributed by atoms with van der Waals surface area (Å²) in [6.07, 6.45) is 0. The van der Waals surface area contributed by atoms with Gasteiger partial charge in [0.15, 0.2) is 0 Å². The zero-order valence-electron chi connectivity index (χ0n) is 9.71. The predicted molar refractivity (Wildman–Crippen MR) is 73.6 cm³/mol. The van der Waals surface area contributed by atoms with Gasteiger partial charge in [0, 0.05) is 0 Å². The first-order valence-corrected chi connectivity index (χ1v) is 6.70. The van der Waals surface area contributed by atoms with E-state index in [2.05, 4.69) is 0 Å². The molecule has 4 nitrogen and oxygen atoms in total. The number of benzene rings is 1. The van der Waals surface area contributed by atoms with E-state index in [1.165, 1.54) is 16.7 Å². The van der Waals surface area contributed by atoms with Crippen LogP contribution in [0, 0.1) is 6.92 Å². The van der Waals surface area contributed by atoms with Gasteiger partial charge in [0.05, 0.1) is 5.75 Å². The molecule has 0 spiro atoms. The highest BCUT2D eigenvalue weighted by atomic mass is 32.2. The summed E-state index contributed by atoms with van der Waals surface area (Å²) in [4.78, 5) is 24.4. The number of thiocarbonyl (C=S) groups is 1. The lowest BCUT2D eigenvalue weighted by Gasteiger charge is -2.13. The SMILES string of the molecule is Cc1ccc(OC(=O)CN2C(=O)CSC2=S)cc1. The summed E-state index contributed by atoms with van der Waals surface area (Å²) in [5.74, 6) is 0.134. The zero-order chi connectivity index (χ0) is 13.1. The average molecular weight is 281 g/mol. The molecule has 1 heterocycles. The number of ether oxygens (including phenoxy) is 1. The molecule has 0 unspecified atom stereocenters. The van der Waals surface area contributed by atoms with Crippen LogP contribution in [0.1, 0.15) is 5.56 Å². The van der Waals surface area contributed by atoms with Crippen LogP contribution >= 0.6 is 24.0 Å². The van der Waals surface area contributed by atoms with Gasteiger partial charge in [-0.25, -0.2) is 4.79 Å². The van der Waals surface area contributed by atoms with Crippen LogP contribution in [0.5, 0.6) is 5.75 Å². The van der Waals surface area contributed by atoms with Crippen LogP contribution in [0.25, 0.3) is 0 Å². The Balaban J connectivity index is 1.94. The quantitative estimate of drug-likeness (QED) is 0.480. The van der Waals surface area contributed by atoms with Gasteiger partial charge in [0.25, 0.3) is 0 Å². The van der Waals surface area contributed by atoms with E-state index in [0.29, 0.717) is 15.8 Å². The molecule has 2 rings (SSSR count). The van der Waals surface area contributed by atoms with E-state index >= 15 is 0 Å². The molecule has 0 radical (unpaired) electrons. The number of nitrogens with zero attached hydrogens (tertiary/aromatic N) is 1. The molecule has 6 heteroatoms. The van der Waals surface area contributed by atoms with E-state index in [9.17, 15) is 9.59 Å². The number of amides is 1. The van der Waals surface area contributed by atoms with Gasteiger partial charge in [-0.05, 0) is 19.1 Å². The fraction of sp³-hybridized carbons (Fsp3) is 0.250. The first-order chi connectivity index (χ1) is 8.56. The first-order valence-electron chi connectivity index (χ1n) is 5.31. The number of rotatable bonds is 3. The summed E-state index contributed by atoms with van der Waals surface area (Å²) in [5.41, 5.74) is 1.09. The Hall–Kier alpha value is -1.40. The summed E-state index contributed by atoms with van der Waals surface area (Å²) in [5, 5.41) is 0. The van der Waals surface area contributed by atoms with Crippen molar-refractivity contribution in [2.24, 2.45) is 0 Å². The fourth-order valence-corrected chi connectivity index (χ4v) is 2.50. The molecule has 1 aromatic carbocycles. The molecule has 18 heavy (non-hydrogen) atoms. The molecular weight excluding hydrogens is 270 g/mol. The predicted octanol–water partition coefficient (Wildman–Crippen LogP) is 1.76. The average Bonchev–Trinajstić information content (AvgIpc) is 2.64. The van der Waals surface area contributed by atoms with Crippen molar-refractivity contribution >= 4 is 40.2 Å². The minimum absolute atomic E-state index is 0.126. The van der Waals surface area contributed by atoms with Crippen molar-refractivity contribution in [3.63, 3.8) is 0 Å². The maximum absolute atomic E-state index is 11.7. The molecule has 1 aliphatic rings. The van der Waals surface area contributed by atoms with Crippen molar-refractivity contribution in [2.75, 3.05) is 12.3 Å². The molecule has 1 aliphatic heterocycles. The summed E-state index contributed by atoms with van der Waals surface area (Å²) < 4.78 is 5.56. The van der Waals surface area contributed by atoms with Gasteiger partial charge in [-0.2, -0.15) is 0 Å². The normalized spacial score (nSPS) is 15.1. The fourth-order valence-electron chi connectivity index (χ4n) is 1.43. The molecule has 0 aromatic heterocycles. The van der Waals surface area contributed by atoms with Gasteiger partial charge < -0.3 is 4.74 Å². The van der Waals surface area contributed by atoms with E-state index in [4.69, 9.17) is 17.0 Å². The maximum atomic E-state index is 11.7. The standard InChI is InChI=1S/C12H11NO3S2/c1-8-2-4-9(5-3-8)16-11(15)6-13-10(14)7-18-12(13)17/h2-5H,6-7H2,1H3. The Kier molecular flexibility index (Phi) is 3.98. The second-order valence-electron chi connectivity index (χ2n) is 3.82. The van der Waals surface area contributed by atoms with E-state index in [1.54, 1.807) is 12.1 Å². The number of carbonyl (C=O) groups excluding carboxylic acids is 2. The van der Waals surface area contributed by atoms with Crippen molar-refractivity contribution in [2.45, 2.75) is 6.92 Å². The molecule has 0 saturated carbocycles. The van der Waals surface area contributed by atoms with Gasteiger partial charge >= 0.3 is 5.97 Å². The molecule has 0 N–H and O–H groups in total. The number of carbonyl (C=O) groups is 2. The van der Waals surface area contributed by atoms with E-state index in [1.807, 2.05) is 19.1 Å². The van der Waals surface area contributed by atoms with Crippen LogP contribution in [0.2, 0.25) is 0 Å². The van der Waals surface area contributed by atoms with Crippen molar-refractivity contribution in [3.05, 3.63) is 29.8 Å². The molecule has 1 amide bonds. The van der Waals surface area contributed by atoms with Gasteiger partial charge in [0.1, 0.15) is 16.6 Å². The Morgan fingerprint density at radius 2 is 2.11 bits per heavy atom. The highest BCUT2D eigenvalue weighted by molar-refractivity contribution is 8.23. The lowest BCUT2D eigenvalue weighted by atomic mass is 10.2. The molecule has 1 saturated heterocycles. The number of aryl methyl sites for hydroxylation is 1. The van der Waals surface area contributed by atoms with E-state index < -0.39 is 5.97 Å². The van der Waals surface area contributed by atoms with Crippen LogP contribution < -0.4 is 4.74 Å². The van der Waals surface area contributed by atoms with Gasteiger partial charge in [-0.3, -0.25) is 9.69 Å². The highest BCUT2D eigenvalue weighted by Gasteiger charge is 2.28. The molecule has 1 aromatic rings. The highest BCUT2D eigenvalue weighted by Crippen LogP contribution is 2.19. The number of thioether (sulfide) groups is 1. The van der Waals surface area contributed by atoms with Crippen molar-refractivity contribution in [3.8, 4) is 5.75 Å². The summed E-state index contributed by atoms with van der Waals surface area (Å²) >= 11 is 6.24. The largest absolute Gasteiger partial charge is 0.425 e. The lowest BCUT2D eigenvalue weighted by Crippen LogP contribution is -2.35. The van der Waals surface area contributed by atoms with Crippen LogP contribution in [-0.4, -0.2) is 33.4 Å². The number of hydrogen-bond donors (Lipinski definition) is 0. The molecule has 0 bridgehead atoms. The molecular formula is C12H11NO3S2. The number of hydrogen-bond acceptors (Lipinski definition) is 5. The van der Waals surface area contributed by atoms with Crippen molar-refractivity contribution in [1.82, 2.24) is 4.90 Å². The Bertz CT molecular complexity index is 483. The Morgan fingerprint density at radius 3 is 2.67 bits per heavy atom. The molecule has 94 valence electrons. The minimum Gasteiger partial charge on any atom is -0.425 e. The first kappa shape index (κ1) is 13.0. The van der Waals surface area contributed by atoms with Crippen molar-refractivity contribution < 1.29 is 14.3 Å². The summed E-state index contributed by atoms with van der Waals surface area (Å²) in [7, 11) is 0. The lowest BCUT2D eigenvalue weighted by molar-refractivity contribution is -0.138. The second kappa shape index (κ2) is 5.49. The smallest absolute Gasteiger partial charge is 0.331 e. The maximum Gasteiger partial charge on any atom is 0.331 e. The molecule has 0 atom stereocenters. The number of esters is 1. The minimum atomic E-state index is -0.489. The summed E-state index contributed by atoms with van der Waals surface area (Å²) in [6, 6.07) is 7.13. The third kappa shape index (κ3) is 3.08. The third-order valence-corrected chi connectivity index (χ3v) is 3.81. The van der Waals surface area contributed by atoms with Crippen LogP contribution in [0.4, 0.5) is 0 Å². The Morgan fingerprint density at radius 1 is 1.44 bits per heavy atom. The van der Waals surface area contributed by atoms with Crippen LogP contribution in [0.3, 0.4) is 0 Å². The van der Waals surface area contributed by atoms with E-state index in [-0.39, 0.29) is 12.5 Å². The van der Waals surface area contributed by atoms with Crippen LogP contribution in [0.15, 0.2) is 24.3 Å². The zero-order valence-corrected chi connectivity index (χ0v) is 11.3.